The zero-order chi connectivity index (χ0) is 11.1. The van der Waals surface area contributed by atoms with Gasteiger partial charge >= 0.3 is 0 Å². The molecule has 0 saturated carbocycles. The van der Waals surface area contributed by atoms with Crippen LogP contribution in [0.25, 0.3) is 6.08 Å². The summed E-state index contributed by atoms with van der Waals surface area (Å²) in [7, 11) is 0. The molecule has 1 nitrogen and oxygen atoms in total. The van der Waals surface area contributed by atoms with Crippen LogP contribution in [-0.4, -0.2) is 13.1 Å². The highest BCUT2D eigenvalue weighted by Gasteiger charge is 1.95. The molecule has 0 aliphatic rings. The molecule has 2 heteroatoms. The summed E-state index contributed by atoms with van der Waals surface area (Å²) in [6, 6.07) is 6.59. The molecule has 1 rings (SSSR count). The first kappa shape index (κ1) is 11.9. The summed E-state index contributed by atoms with van der Waals surface area (Å²) < 4.78 is 12.7. The van der Waals surface area contributed by atoms with E-state index in [1.807, 2.05) is 0 Å². The van der Waals surface area contributed by atoms with Crippen molar-refractivity contribution in [3.8, 4) is 0 Å². The van der Waals surface area contributed by atoms with Crippen molar-refractivity contribution in [3.63, 3.8) is 0 Å². The lowest BCUT2D eigenvalue weighted by Crippen LogP contribution is -2.15. The van der Waals surface area contributed by atoms with Gasteiger partial charge in [-0.3, -0.25) is 0 Å². The van der Waals surface area contributed by atoms with Crippen LogP contribution in [0.4, 0.5) is 4.39 Å². The van der Waals surface area contributed by atoms with Gasteiger partial charge in [0, 0.05) is 6.54 Å². The summed E-state index contributed by atoms with van der Waals surface area (Å²) >= 11 is 0. The van der Waals surface area contributed by atoms with Crippen molar-refractivity contribution in [1.82, 2.24) is 5.32 Å². The summed E-state index contributed by atoms with van der Waals surface area (Å²) in [5.41, 5.74) is 2.40. The van der Waals surface area contributed by atoms with Crippen molar-refractivity contribution >= 4 is 6.08 Å². The van der Waals surface area contributed by atoms with E-state index in [9.17, 15) is 4.39 Å². The van der Waals surface area contributed by atoms with E-state index < -0.39 is 0 Å². The average molecular weight is 207 g/mol. The number of rotatable bonds is 5. The monoisotopic (exact) mass is 207 g/mol. The van der Waals surface area contributed by atoms with Crippen LogP contribution < -0.4 is 5.32 Å². The Labute approximate surface area is 91.0 Å². The van der Waals surface area contributed by atoms with Gasteiger partial charge in [0.15, 0.2) is 0 Å². The first-order valence-electron chi connectivity index (χ1n) is 5.42. The minimum absolute atomic E-state index is 0.183. The van der Waals surface area contributed by atoms with Crippen LogP contribution in [0.1, 0.15) is 25.8 Å². The number of benzene rings is 1. The summed E-state index contributed by atoms with van der Waals surface area (Å²) in [6.45, 7) is 6.10. The Hall–Kier alpha value is -1.15. The Kier molecular flexibility index (Phi) is 5.05. The van der Waals surface area contributed by atoms with E-state index in [1.54, 1.807) is 12.1 Å². The summed E-state index contributed by atoms with van der Waals surface area (Å²) in [5, 5.41) is 3.29. The number of nitrogens with one attached hydrogen (secondary N) is 1. The lowest BCUT2D eigenvalue weighted by Gasteiger charge is -2.05. The van der Waals surface area contributed by atoms with Crippen molar-refractivity contribution < 1.29 is 4.39 Å². The maximum Gasteiger partial charge on any atom is 0.123 e. The van der Waals surface area contributed by atoms with Gasteiger partial charge in [-0.1, -0.05) is 37.6 Å². The lowest BCUT2D eigenvalue weighted by atomic mass is 10.1. The molecule has 0 aliphatic carbocycles. The fourth-order valence-electron chi connectivity index (χ4n) is 1.36. The second-order valence-electron chi connectivity index (χ2n) is 3.49. The van der Waals surface area contributed by atoms with Gasteiger partial charge in [0.25, 0.3) is 0 Å². The Morgan fingerprint density at radius 1 is 1.27 bits per heavy atom. The third kappa shape index (κ3) is 4.26. The molecule has 0 aliphatic heterocycles. The zero-order valence-electron chi connectivity index (χ0n) is 9.39. The van der Waals surface area contributed by atoms with E-state index in [-0.39, 0.29) is 5.82 Å². The molecule has 0 heterocycles. The van der Waals surface area contributed by atoms with Crippen LogP contribution >= 0.6 is 0 Å². The van der Waals surface area contributed by atoms with Crippen LogP contribution in [-0.2, 0) is 0 Å². The summed E-state index contributed by atoms with van der Waals surface area (Å²) in [4.78, 5) is 0. The smallest absolute Gasteiger partial charge is 0.123 e. The highest BCUT2D eigenvalue weighted by atomic mass is 19.1. The summed E-state index contributed by atoms with van der Waals surface area (Å²) in [5.74, 6) is -0.183. The van der Waals surface area contributed by atoms with Gasteiger partial charge in [0.1, 0.15) is 5.82 Å². The van der Waals surface area contributed by atoms with E-state index >= 15 is 0 Å². The van der Waals surface area contributed by atoms with Crippen LogP contribution in [0.3, 0.4) is 0 Å². The molecule has 0 bridgehead atoms. The molecule has 15 heavy (non-hydrogen) atoms. The van der Waals surface area contributed by atoms with E-state index in [4.69, 9.17) is 0 Å². The van der Waals surface area contributed by atoms with Gasteiger partial charge < -0.3 is 5.32 Å². The molecular formula is C13H18FN. The molecular weight excluding hydrogens is 189 g/mol. The minimum atomic E-state index is -0.183. The first-order valence-corrected chi connectivity index (χ1v) is 5.42. The maximum atomic E-state index is 12.7. The molecule has 0 amide bonds. The SMILES string of the molecule is CCNCC(=Cc1ccc(F)cc1)CC. The van der Waals surface area contributed by atoms with Gasteiger partial charge in [-0.05, 0) is 30.7 Å². The number of likely N-dealkylation sites (N-methyl/N-ethyl adjacent to an activating group) is 1. The largest absolute Gasteiger partial charge is 0.313 e. The molecule has 0 unspecified atom stereocenters. The highest BCUT2D eigenvalue weighted by Crippen LogP contribution is 2.10. The Morgan fingerprint density at radius 2 is 1.93 bits per heavy atom. The Morgan fingerprint density at radius 3 is 2.47 bits per heavy atom. The van der Waals surface area contributed by atoms with Gasteiger partial charge in [-0.2, -0.15) is 0 Å². The number of halogens is 1. The van der Waals surface area contributed by atoms with Gasteiger partial charge in [0.2, 0.25) is 0 Å². The second-order valence-corrected chi connectivity index (χ2v) is 3.49. The molecule has 0 radical (unpaired) electrons. The molecule has 0 atom stereocenters. The Balaban J connectivity index is 2.69. The molecule has 0 spiro atoms. The topological polar surface area (TPSA) is 12.0 Å². The molecule has 0 fully saturated rings. The van der Waals surface area contributed by atoms with E-state index in [1.165, 1.54) is 17.7 Å². The van der Waals surface area contributed by atoms with Crippen molar-refractivity contribution in [2.45, 2.75) is 20.3 Å². The molecule has 0 saturated heterocycles. The van der Waals surface area contributed by atoms with Crippen molar-refractivity contribution in [2.75, 3.05) is 13.1 Å². The predicted octanol–water partition coefficient (Wildman–Crippen LogP) is 3.23. The summed E-state index contributed by atoms with van der Waals surface area (Å²) in [6.07, 6.45) is 3.13. The van der Waals surface area contributed by atoms with Gasteiger partial charge in [0.05, 0.1) is 0 Å². The van der Waals surface area contributed by atoms with Crippen LogP contribution in [0.5, 0.6) is 0 Å². The fraction of sp³-hybridized carbons (Fsp3) is 0.385. The van der Waals surface area contributed by atoms with Crippen LogP contribution in [0.15, 0.2) is 29.8 Å². The second kappa shape index (κ2) is 6.36. The number of hydrogen-bond acceptors (Lipinski definition) is 1. The lowest BCUT2D eigenvalue weighted by molar-refractivity contribution is 0.627. The Bertz CT molecular complexity index is 314. The molecule has 0 aromatic heterocycles. The third-order valence-corrected chi connectivity index (χ3v) is 2.30. The van der Waals surface area contributed by atoms with Crippen molar-refractivity contribution in [3.05, 3.63) is 41.2 Å². The molecule has 1 N–H and O–H groups in total. The van der Waals surface area contributed by atoms with Crippen molar-refractivity contribution in [2.24, 2.45) is 0 Å². The predicted molar refractivity (Wildman–Crippen MR) is 63.2 cm³/mol. The number of hydrogen-bond donors (Lipinski definition) is 1. The van der Waals surface area contributed by atoms with Crippen LogP contribution in [0, 0.1) is 5.82 Å². The van der Waals surface area contributed by atoms with E-state index in [2.05, 4.69) is 25.2 Å². The normalized spacial score (nSPS) is 11.8. The molecule has 1 aromatic carbocycles. The third-order valence-electron chi connectivity index (χ3n) is 2.30. The van der Waals surface area contributed by atoms with Gasteiger partial charge in [-0.15, -0.1) is 0 Å². The first-order chi connectivity index (χ1) is 7.26. The highest BCUT2D eigenvalue weighted by molar-refractivity contribution is 5.52. The van der Waals surface area contributed by atoms with Crippen LogP contribution in [0.2, 0.25) is 0 Å². The molecule has 1 aromatic rings. The van der Waals surface area contributed by atoms with E-state index in [0.717, 1.165) is 25.1 Å². The maximum absolute atomic E-state index is 12.7. The standard InChI is InChI=1S/C13H18FN/c1-3-11(10-15-4-2)9-12-5-7-13(14)8-6-12/h5-9,15H,3-4,10H2,1-2H3. The fourth-order valence-corrected chi connectivity index (χ4v) is 1.36. The molecule has 82 valence electrons. The van der Waals surface area contributed by atoms with E-state index in [0.29, 0.717) is 0 Å². The zero-order valence-corrected chi connectivity index (χ0v) is 9.39. The average Bonchev–Trinajstić information content (AvgIpc) is 2.27. The van der Waals surface area contributed by atoms with Crippen molar-refractivity contribution in [1.29, 1.82) is 0 Å². The quantitative estimate of drug-likeness (QED) is 0.781. The minimum Gasteiger partial charge on any atom is -0.313 e. The van der Waals surface area contributed by atoms with Gasteiger partial charge in [-0.25, -0.2) is 4.39 Å².